The van der Waals surface area contributed by atoms with E-state index in [4.69, 9.17) is 0 Å². The van der Waals surface area contributed by atoms with Crippen molar-refractivity contribution in [1.82, 2.24) is 0 Å². The number of rotatable bonds is 0. The molecule has 0 nitrogen and oxygen atoms in total. The van der Waals surface area contributed by atoms with Gasteiger partial charge in [0.15, 0.2) is 0 Å². The summed E-state index contributed by atoms with van der Waals surface area (Å²) < 4.78 is 0. The molecule has 1 radical (unpaired) electrons. The fraction of sp³-hybridized carbons (Fsp3) is 0.500. The van der Waals surface area contributed by atoms with Crippen LogP contribution in [0.15, 0.2) is 18.2 Å². The fourth-order valence-electron chi connectivity index (χ4n) is 0.340. The molecular formula is C14H26La-4. The van der Waals surface area contributed by atoms with E-state index in [0.717, 1.165) is 6.42 Å². The van der Waals surface area contributed by atoms with E-state index in [0.29, 0.717) is 0 Å². The minimum atomic E-state index is 0. The molecule has 0 amide bonds. The zero-order valence-electron chi connectivity index (χ0n) is 11.2. The van der Waals surface area contributed by atoms with Crippen LogP contribution in [0, 0.1) is 60.9 Å². The molecule has 0 heterocycles. The molecule has 0 bridgehead atoms. The van der Waals surface area contributed by atoms with Gasteiger partial charge >= 0.3 is 0 Å². The maximum atomic E-state index is 2.99. The third-order valence-corrected chi connectivity index (χ3v) is 0.586. The van der Waals surface area contributed by atoms with E-state index in [9.17, 15) is 0 Å². The average Bonchev–Trinajstić information content (AvgIpc) is 2.63. The van der Waals surface area contributed by atoms with Crippen LogP contribution in [0.1, 0.15) is 48.0 Å². The summed E-state index contributed by atoms with van der Waals surface area (Å²) >= 11 is 0. The zero-order chi connectivity index (χ0) is 11.7. The largest absolute Gasteiger partial charge is 0.335 e. The molecule has 1 aliphatic rings. The smallest absolute Gasteiger partial charge is 0 e. The molecule has 0 unspecified atom stereocenters. The van der Waals surface area contributed by atoms with Gasteiger partial charge in [-0.3, -0.25) is 6.08 Å². The van der Waals surface area contributed by atoms with Crippen molar-refractivity contribution in [3.63, 3.8) is 0 Å². The van der Waals surface area contributed by atoms with Gasteiger partial charge in [0.05, 0.1) is 0 Å². The van der Waals surface area contributed by atoms with E-state index >= 15 is 0 Å². The first-order valence-electron chi connectivity index (χ1n) is 5.18. The summed E-state index contributed by atoms with van der Waals surface area (Å²) in [5.74, 6) is 0. The minimum Gasteiger partial charge on any atom is -0.335 e. The predicted molar refractivity (Wildman–Crippen MR) is 68.5 cm³/mol. The van der Waals surface area contributed by atoms with Gasteiger partial charge in [-0.25, -0.2) is 12.2 Å². The van der Waals surface area contributed by atoms with E-state index in [2.05, 4.69) is 12.2 Å². The quantitative estimate of drug-likeness (QED) is 0.548. The first-order valence-corrected chi connectivity index (χ1v) is 5.18. The topological polar surface area (TPSA) is 0 Å². The van der Waals surface area contributed by atoms with Crippen molar-refractivity contribution in [3.8, 4) is 0 Å². The second kappa shape index (κ2) is 36.5. The van der Waals surface area contributed by atoms with Crippen LogP contribution in [0.5, 0.6) is 0 Å². The van der Waals surface area contributed by atoms with Crippen molar-refractivity contribution in [2.75, 3.05) is 0 Å². The van der Waals surface area contributed by atoms with Gasteiger partial charge in [0.25, 0.3) is 0 Å². The number of hydrogen-bond donors (Lipinski definition) is 0. The summed E-state index contributed by atoms with van der Waals surface area (Å²) in [6.45, 7) is 12.0. The Balaban J connectivity index is -0.0000000550. The molecule has 1 heteroatoms. The van der Waals surface area contributed by atoms with E-state index in [1.54, 1.807) is 0 Å². The summed E-state index contributed by atoms with van der Waals surface area (Å²) in [6, 6.07) is 0. The van der Waals surface area contributed by atoms with Crippen LogP contribution in [0.25, 0.3) is 0 Å². The van der Waals surface area contributed by atoms with Crippen molar-refractivity contribution < 1.29 is 35.6 Å². The number of allylic oxidation sites excluding steroid dienone is 4. The molecule has 1 aliphatic carbocycles. The van der Waals surface area contributed by atoms with Crippen molar-refractivity contribution in [2.24, 2.45) is 0 Å². The van der Waals surface area contributed by atoms with Gasteiger partial charge in [-0.1, -0.05) is 0 Å². The van der Waals surface area contributed by atoms with Crippen LogP contribution in [0.4, 0.5) is 0 Å². The van der Waals surface area contributed by atoms with Crippen LogP contribution < -0.4 is 0 Å². The Bertz CT molecular complexity index is 89.2. The first kappa shape index (κ1) is 24.8. The Morgan fingerprint density at radius 1 is 0.867 bits per heavy atom. The Morgan fingerprint density at radius 2 is 1.20 bits per heavy atom. The summed E-state index contributed by atoms with van der Waals surface area (Å²) in [4.78, 5) is 0. The molecule has 0 spiro atoms. The van der Waals surface area contributed by atoms with Gasteiger partial charge in [-0.05, 0) is 0 Å². The Morgan fingerprint density at radius 3 is 1.27 bits per heavy atom. The van der Waals surface area contributed by atoms with E-state index in [1.807, 2.05) is 73.0 Å². The Hall–Kier alpha value is 0.675. The van der Waals surface area contributed by atoms with Gasteiger partial charge in [-0.15, -0.1) is 6.42 Å². The standard InChI is InChI=1S/C5H5.3C3H7.La/c1-2-4-5-3-1;3*1-3-2;/h1-3H,4H2;3*3H,1-2H3;/q4*-1;. The van der Waals surface area contributed by atoms with Crippen molar-refractivity contribution in [1.29, 1.82) is 0 Å². The molecule has 0 aliphatic heterocycles. The van der Waals surface area contributed by atoms with Gasteiger partial charge in [0, 0.05) is 35.6 Å². The second-order valence-electron chi connectivity index (χ2n) is 2.74. The maximum absolute atomic E-state index is 2.99. The molecule has 0 N–H and O–H groups in total. The molecule has 0 saturated heterocycles. The van der Waals surface area contributed by atoms with Crippen molar-refractivity contribution in [2.45, 2.75) is 48.0 Å². The molecule has 0 aromatic rings. The van der Waals surface area contributed by atoms with E-state index < -0.39 is 0 Å². The van der Waals surface area contributed by atoms with Crippen LogP contribution in [0.2, 0.25) is 0 Å². The third kappa shape index (κ3) is 73.2. The first-order chi connectivity index (χ1) is 6.74. The zero-order valence-corrected chi connectivity index (χ0v) is 14.9. The predicted octanol–water partition coefficient (Wildman–Crippen LogP) is 5.00. The van der Waals surface area contributed by atoms with Gasteiger partial charge in [-0.2, -0.15) is 47.6 Å². The summed E-state index contributed by atoms with van der Waals surface area (Å²) in [5.41, 5.74) is 0. The normalized spacial score (nSPS) is 9.47. The van der Waals surface area contributed by atoms with Crippen molar-refractivity contribution >= 4 is 0 Å². The fourth-order valence-corrected chi connectivity index (χ4v) is 0.340. The van der Waals surface area contributed by atoms with Crippen molar-refractivity contribution in [3.05, 3.63) is 43.6 Å². The molecule has 0 aromatic heterocycles. The van der Waals surface area contributed by atoms with Crippen LogP contribution >= 0.6 is 0 Å². The molecular weight excluding hydrogens is 307 g/mol. The monoisotopic (exact) mass is 333 g/mol. The molecule has 1 rings (SSSR count). The van der Waals surface area contributed by atoms with Gasteiger partial charge in [0.1, 0.15) is 0 Å². The Labute approximate surface area is 126 Å². The molecule has 0 fully saturated rings. The summed E-state index contributed by atoms with van der Waals surface area (Å²) in [5, 5.41) is 0. The molecule has 0 atom stereocenters. The third-order valence-electron chi connectivity index (χ3n) is 0.586. The van der Waals surface area contributed by atoms with E-state index in [-0.39, 0.29) is 35.6 Å². The minimum absolute atomic E-state index is 0. The summed E-state index contributed by atoms with van der Waals surface area (Å²) in [7, 11) is 0. The van der Waals surface area contributed by atoms with Gasteiger partial charge < -0.3 is 19.3 Å². The average molecular weight is 333 g/mol. The van der Waals surface area contributed by atoms with E-state index in [1.165, 1.54) is 0 Å². The molecule has 0 saturated carbocycles. The van der Waals surface area contributed by atoms with Crippen LogP contribution in [-0.4, -0.2) is 0 Å². The summed E-state index contributed by atoms with van der Waals surface area (Å²) in [6.07, 6.45) is 16.0. The Kier molecular flexibility index (Phi) is 60.2. The number of hydrogen-bond acceptors (Lipinski definition) is 0. The molecule has 0 aromatic carbocycles. The molecule has 15 heavy (non-hydrogen) atoms. The van der Waals surface area contributed by atoms with Crippen LogP contribution in [-0.2, 0) is 0 Å². The van der Waals surface area contributed by atoms with Gasteiger partial charge in [0.2, 0.25) is 0 Å². The maximum Gasteiger partial charge on any atom is 0 e. The molecule has 89 valence electrons. The second-order valence-corrected chi connectivity index (χ2v) is 2.74. The van der Waals surface area contributed by atoms with Crippen LogP contribution in [0.3, 0.4) is 0 Å². The SMILES string of the molecule is C[CH-]C.C[CH-]C.C[CH-]C.[C-]1=CC=CC1.[La].